The second-order valence-corrected chi connectivity index (χ2v) is 11.3. The minimum atomic E-state index is -0.600. The molecule has 0 amide bonds. The molecule has 0 spiro atoms. The van der Waals surface area contributed by atoms with Crippen LogP contribution in [0.15, 0.2) is 0 Å². The highest BCUT2D eigenvalue weighted by Crippen LogP contribution is 2.30. The molecule has 1 N–H and O–H groups in total. The summed E-state index contributed by atoms with van der Waals surface area (Å²) in [4.78, 5) is 0. The fraction of sp³-hybridized carbons (Fsp3) is 1.00. The van der Waals surface area contributed by atoms with Crippen molar-refractivity contribution in [1.82, 2.24) is 0 Å². The van der Waals surface area contributed by atoms with Crippen LogP contribution in [0, 0.1) is 11.8 Å². The van der Waals surface area contributed by atoms with E-state index in [0.29, 0.717) is 32.3 Å². The van der Waals surface area contributed by atoms with Gasteiger partial charge in [0.2, 0.25) is 0 Å². The Balaban J connectivity index is 3.07. The predicted molar refractivity (Wildman–Crippen MR) is 142 cm³/mol. The maximum atomic E-state index is 11.1. The number of ether oxygens (including phenoxy) is 5. The first-order valence-corrected chi connectivity index (χ1v) is 14.5. The molecule has 1 saturated heterocycles. The maximum Gasteiger partial charge on any atom is 0.186 e. The first-order chi connectivity index (χ1) is 15.8. The van der Waals surface area contributed by atoms with Crippen LogP contribution in [0.5, 0.6) is 0 Å². The summed E-state index contributed by atoms with van der Waals surface area (Å²) in [6, 6.07) is 0. The van der Waals surface area contributed by atoms with Gasteiger partial charge in [-0.05, 0) is 31.1 Å². The lowest BCUT2D eigenvalue weighted by molar-refractivity contribution is -0.313. The summed E-state index contributed by atoms with van der Waals surface area (Å²) >= 11 is 2.33. The third-order valence-electron chi connectivity index (χ3n) is 6.08. The summed E-state index contributed by atoms with van der Waals surface area (Å²) in [5.74, 6) is 0.477. The summed E-state index contributed by atoms with van der Waals surface area (Å²) in [5, 5.41) is 11.1. The lowest BCUT2D eigenvalue weighted by Crippen LogP contribution is -2.59. The zero-order valence-corrected chi connectivity index (χ0v) is 24.3. The Bertz CT molecular complexity index is 478. The fourth-order valence-electron chi connectivity index (χ4n) is 3.85. The van der Waals surface area contributed by atoms with E-state index < -0.39 is 18.5 Å². The van der Waals surface area contributed by atoms with Crippen molar-refractivity contribution in [2.45, 2.75) is 128 Å². The predicted octanol–water partition coefficient (Wildman–Crippen LogP) is 5.76. The molecule has 4 unspecified atom stereocenters. The molecule has 0 saturated carbocycles. The van der Waals surface area contributed by atoms with Crippen molar-refractivity contribution in [3.05, 3.63) is 0 Å². The van der Waals surface area contributed by atoms with E-state index in [1.165, 1.54) is 0 Å². The topological polar surface area (TPSA) is 66.4 Å². The molecule has 0 aromatic carbocycles. The van der Waals surface area contributed by atoms with E-state index in [1.54, 1.807) is 0 Å². The molecule has 0 aromatic heterocycles. The van der Waals surface area contributed by atoms with Crippen LogP contribution in [0.1, 0.15) is 87.0 Å². The van der Waals surface area contributed by atoms with E-state index >= 15 is 0 Å². The maximum absolute atomic E-state index is 11.1. The molecule has 0 aromatic rings. The average Bonchev–Trinajstić information content (AvgIpc) is 2.78. The molecule has 198 valence electrons. The molecule has 33 heavy (non-hydrogen) atoms. The van der Waals surface area contributed by atoms with E-state index in [9.17, 15) is 5.11 Å². The first kappa shape index (κ1) is 31.5. The SMILES string of the molecule is CCCCOC1C(OCCCC)[C@H](OCCCC)CO[C@H]1O[C@@H](C(C)C)C(O)C(I)C(C)C. The summed E-state index contributed by atoms with van der Waals surface area (Å²) in [6.45, 7) is 17.3. The molecule has 1 fully saturated rings. The highest BCUT2D eigenvalue weighted by molar-refractivity contribution is 14.1. The quantitative estimate of drug-likeness (QED) is 0.125. The van der Waals surface area contributed by atoms with E-state index in [2.05, 4.69) is 71.1 Å². The van der Waals surface area contributed by atoms with Crippen LogP contribution < -0.4 is 0 Å². The van der Waals surface area contributed by atoms with Gasteiger partial charge in [-0.25, -0.2) is 0 Å². The third kappa shape index (κ3) is 11.0. The lowest BCUT2D eigenvalue weighted by atomic mass is 9.94. The smallest absolute Gasteiger partial charge is 0.186 e. The number of unbranched alkanes of at least 4 members (excludes halogenated alkanes) is 3. The van der Waals surface area contributed by atoms with Crippen molar-refractivity contribution in [2.75, 3.05) is 26.4 Å². The van der Waals surface area contributed by atoms with Gasteiger partial charge in [-0.3, -0.25) is 0 Å². The summed E-state index contributed by atoms with van der Waals surface area (Å²) in [6.07, 6.45) is 3.78. The van der Waals surface area contributed by atoms with Gasteiger partial charge >= 0.3 is 0 Å². The standard InChI is InChI=1S/C26H51IO6/c1-8-11-14-29-20-17-32-26(33-23(19(6)7)22(28)21(27)18(4)5)25(31-16-13-10-3)24(20)30-15-12-9-2/h18-26,28H,8-17H2,1-7H3/t20-,21?,22?,23+,24?,25?,26+/m1/s1. The van der Waals surface area contributed by atoms with E-state index in [1.807, 2.05) is 0 Å². The molecule has 0 bridgehead atoms. The van der Waals surface area contributed by atoms with Gasteiger partial charge < -0.3 is 28.8 Å². The number of hydrogen-bond acceptors (Lipinski definition) is 6. The van der Waals surface area contributed by atoms with E-state index in [0.717, 1.165) is 38.5 Å². The Labute approximate surface area is 216 Å². The number of hydrogen-bond donors (Lipinski definition) is 1. The molecule has 1 heterocycles. The Morgan fingerprint density at radius 3 is 1.82 bits per heavy atom. The lowest BCUT2D eigenvalue weighted by Gasteiger charge is -2.44. The minimum absolute atomic E-state index is 0.0831. The summed E-state index contributed by atoms with van der Waals surface area (Å²) in [5.41, 5.74) is 0. The van der Waals surface area contributed by atoms with Crippen LogP contribution in [-0.4, -0.2) is 72.3 Å². The van der Waals surface area contributed by atoms with Crippen molar-refractivity contribution in [2.24, 2.45) is 11.8 Å². The van der Waals surface area contributed by atoms with Crippen molar-refractivity contribution >= 4 is 22.6 Å². The van der Waals surface area contributed by atoms with Gasteiger partial charge in [0.15, 0.2) is 6.29 Å². The molecule has 1 aliphatic heterocycles. The zero-order chi connectivity index (χ0) is 24.8. The number of aliphatic hydroxyl groups is 1. The van der Waals surface area contributed by atoms with Gasteiger partial charge in [0.25, 0.3) is 0 Å². The van der Waals surface area contributed by atoms with Gasteiger partial charge in [-0.2, -0.15) is 0 Å². The normalized spacial score (nSPS) is 26.6. The highest BCUT2D eigenvalue weighted by Gasteiger charge is 2.46. The molecular formula is C26H51IO6. The van der Waals surface area contributed by atoms with Crippen molar-refractivity contribution in [3.8, 4) is 0 Å². The fourth-order valence-corrected chi connectivity index (χ4v) is 4.26. The molecule has 7 atom stereocenters. The third-order valence-corrected chi connectivity index (χ3v) is 8.25. The number of rotatable bonds is 18. The second kappa shape index (κ2) is 17.8. The Morgan fingerprint density at radius 1 is 0.818 bits per heavy atom. The molecule has 0 radical (unpaired) electrons. The minimum Gasteiger partial charge on any atom is -0.389 e. The van der Waals surface area contributed by atoms with Crippen molar-refractivity contribution < 1.29 is 28.8 Å². The van der Waals surface area contributed by atoms with E-state index in [4.69, 9.17) is 23.7 Å². The molecule has 1 rings (SSSR count). The van der Waals surface area contributed by atoms with Gasteiger partial charge in [-0.1, -0.05) is 90.3 Å². The van der Waals surface area contributed by atoms with Crippen LogP contribution in [0.2, 0.25) is 0 Å². The molecule has 6 nitrogen and oxygen atoms in total. The van der Waals surface area contributed by atoms with Gasteiger partial charge in [0.05, 0.1) is 18.8 Å². The number of alkyl halides is 1. The largest absolute Gasteiger partial charge is 0.389 e. The van der Waals surface area contributed by atoms with Crippen LogP contribution >= 0.6 is 22.6 Å². The average molecular weight is 587 g/mol. The second-order valence-electron chi connectivity index (χ2n) is 9.87. The van der Waals surface area contributed by atoms with Gasteiger partial charge in [0, 0.05) is 23.7 Å². The van der Waals surface area contributed by atoms with Crippen LogP contribution in [0.25, 0.3) is 0 Å². The summed E-state index contributed by atoms with van der Waals surface area (Å²) in [7, 11) is 0. The molecule has 7 heteroatoms. The molecule has 1 aliphatic rings. The van der Waals surface area contributed by atoms with Crippen LogP contribution in [0.3, 0.4) is 0 Å². The van der Waals surface area contributed by atoms with Crippen molar-refractivity contribution in [3.63, 3.8) is 0 Å². The van der Waals surface area contributed by atoms with Crippen LogP contribution in [0.4, 0.5) is 0 Å². The summed E-state index contributed by atoms with van der Waals surface area (Å²) < 4.78 is 31.7. The van der Waals surface area contributed by atoms with Crippen LogP contribution in [-0.2, 0) is 23.7 Å². The molecular weight excluding hydrogens is 535 g/mol. The van der Waals surface area contributed by atoms with Crippen molar-refractivity contribution in [1.29, 1.82) is 0 Å². The Morgan fingerprint density at radius 2 is 1.33 bits per heavy atom. The Kier molecular flexibility index (Phi) is 17.0. The zero-order valence-electron chi connectivity index (χ0n) is 22.1. The Hall–Kier alpha value is 0.490. The van der Waals surface area contributed by atoms with E-state index in [-0.39, 0.29) is 28.2 Å². The monoisotopic (exact) mass is 586 g/mol. The van der Waals surface area contributed by atoms with Gasteiger partial charge in [-0.15, -0.1) is 0 Å². The number of halogens is 1. The number of aliphatic hydroxyl groups excluding tert-OH is 1. The first-order valence-electron chi connectivity index (χ1n) is 13.2. The molecule has 0 aliphatic carbocycles. The highest BCUT2D eigenvalue weighted by atomic mass is 127. The van der Waals surface area contributed by atoms with Gasteiger partial charge in [0.1, 0.15) is 18.3 Å².